The first-order valence-electron chi connectivity index (χ1n) is 6.27. The molecule has 1 heterocycles. The molecular weight excluding hydrogens is 224 g/mol. The van der Waals surface area contributed by atoms with Crippen molar-refractivity contribution in [3.8, 4) is 0 Å². The van der Waals surface area contributed by atoms with Crippen molar-refractivity contribution in [1.82, 2.24) is 10.2 Å². The third-order valence-electron chi connectivity index (χ3n) is 3.89. The van der Waals surface area contributed by atoms with Crippen LogP contribution < -0.4 is 5.32 Å². The summed E-state index contributed by atoms with van der Waals surface area (Å²) >= 11 is 0. The van der Waals surface area contributed by atoms with Crippen LogP contribution in [0.5, 0.6) is 0 Å². The van der Waals surface area contributed by atoms with Crippen LogP contribution >= 0.6 is 12.4 Å². The van der Waals surface area contributed by atoms with Gasteiger partial charge in [-0.15, -0.1) is 12.4 Å². The van der Waals surface area contributed by atoms with E-state index in [1.165, 1.54) is 38.5 Å². The summed E-state index contributed by atoms with van der Waals surface area (Å²) in [6.07, 6.45) is 7.80. The molecule has 1 saturated carbocycles. The SMILES string of the molecule is CNCC(=O)N1CCCC2CCCCC21.Cl. The van der Waals surface area contributed by atoms with Gasteiger partial charge in [0, 0.05) is 12.6 Å². The summed E-state index contributed by atoms with van der Waals surface area (Å²) in [6.45, 7) is 1.49. The molecule has 4 heteroatoms. The van der Waals surface area contributed by atoms with E-state index in [2.05, 4.69) is 10.2 Å². The van der Waals surface area contributed by atoms with E-state index in [9.17, 15) is 4.79 Å². The average molecular weight is 247 g/mol. The third kappa shape index (κ3) is 2.89. The number of carbonyl (C=O) groups is 1. The Bertz CT molecular complexity index is 233. The molecule has 1 saturated heterocycles. The topological polar surface area (TPSA) is 32.3 Å². The first-order valence-corrected chi connectivity index (χ1v) is 6.27. The number of fused-ring (bicyclic) bond motifs is 1. The number of nitrogens with zero attached hydrogens (tertiary/aromatic N) is 1. The molecular formula is C12H23ClN2O. The molecule has 2 aliphatic rings. The molecule has 0 radical (unpaired) electrons. The normalized spacial score (nSPS) is 29.2. The first-order chi connectivity index (χ1) is 7.33. The molecule has 0 bridgehead atoms. The minimum absolute atomic E-state index is 0. The highest BCUT2D eigenvalue weighted by Crippen LogP contribution is 2.35. The maximum Gasteiger partial charge on any atom is 0.236 e. The number of carbonyl (C=O) groups excluding carboxylic acids is 1. The van der Waals surface area contributed by atoms with E-state index in [1.54, 1.807) is 0 Å². The number of hydrogen-bond donors (Lipinski definition) is 1. The predicted molar refractivity (Wildman–Crippen MR) is 67.9 cm³/mol. The van der Waals surface area contributed by atoms with E-state index in [-0.39, 0.29) is 12.4 Å². The third-order valence-corrected chi connectivity index (χ3v) is 3.89. The molecule has 0 aromatic rings. The van der Waals surface area contributed by atoms with E-state index in [1.807, 2.05) is 7.05 Å². The summed E-state index contributed by atoms with van der Waals surface area (Å²) in [5.74, 6) is 1.10. The second kappa shape index (κ2) is 6.45. The minimum atomic E-state index is 0. The summed E-state index contributed by atoms with van der Waals surface area (Å²) in [5.41, 5.74) is 0. The van der Waals surface area contributed by atoms with Gasteiger partial charge in [0.05, 0.1) is 6.54 Å². The quantitative estimate of drug-likeness (QED) is 0.806. The van der Waals surface area contributed by atoms with Crippen molar-refractivity contribution >= 4 is 18.3 Å². The molecule has 1 aliphatic carbocycles. The summed E-state index contributed by atoms with van der Waals surface area (Å²) in [4.78, 5) is 14.1. The zero-order chi connectivity index (χ0) is 10.7. The molecule has 2 rings (SSSR count). The van der Waals surface area contributed by atoms with E-state index in [0.29, 0.717) is 18.5 Å². The second-order valence-corrected chi connectivity index (χ2v) is 4.87. The van der Waals surface area contributed by atoms with Crippen LogP contribution in [0.15, 0.2) is 0 Å². The Morgan fingerprint density at radius 3 is 2.69 bits per heavy atom. The van der Waals surface area contributed by atoms with Crippen LogP contribution in [0.25, 0.3) is 0 Å². The fraction of sp³-hybridized carbons (Fsp3) is 0.917. The molecule has 2 unspecified atom stereocenters. The second-order valence-electron chi connectivity index (χ2n) is 4.87. The molecule has 3 nitrogen and oxygen atoms in total. The summed E-state index contributed by atoms with van der Waals surface area (Å²) < 4.78 is 0. The number of halogens is 1. The van der Waals surface area contributed by atoms with Crippen molar-refractivity contribution in [3.05, 3.63) is 0 Å². The molecule has 94 valence electrons. The van der Waals surface area contributed by atoms with E-state index >= 15 is 0 Å². The van der Waals surface area contributed by atoms with Crippen molar-refractivity contribution in [2.24, 2.45) is 5.92 Å². The molecule has 1 N–H and O–H groups in total. The Kier molecular flexibility index (Phi) is 5.56. The van der Waals surface area contributed by atoms with Gasteiger partial charge in [0.2, 0.25) is 5.91 Å². The molecule has 2 atom stereocenters. The number of likely N-dealkylation sites (tertiary alicyclic amines) is 1. The molecule has 1 aliphatic heterocycles. The van der Waals surface area contributed by atoms with Crippen LogP contribution in [0.1, 0.15) is 38.5 Å². The maximum atomic E-state index is 11.9. The highest BCUT2D eigenvalue weighted by atomic mass is 35.5. The zero-order valence-electron chi connectivity index (χ0n) is 10.1. The van der Waals surface area contributed by atoms with Gasteiger partial charge in [-0.1, -0.05) is 12.8 Å². The lowest BCUT2D eigenvalue weighted by Gasteiger charge is -2.44. The van der Waals surface area contributed by atoms with Gasteiger partial charge in [-0.25, -0.2) is 0 Å². The lowest BCUT2D eigenvalue weighted by molar-refractivity contribution is -0.136. The summed E-state index contributed by atoms with van der Waals surface area (Å²) in [7, 11) is 1.85. The van der Waals surface area contributed by atoms with Gasteiger partial charge >= 0.3 is 0 Å². The van der Waals surface area contributed by atoms with Gasteiger partial charge in [0.25, 0.3) is 0 Å². The zero-order valence-corrected chi connectivity index (χ0v) is 10.9. The number of amides is 1. The predicted octanol–water partition coefficient (Wildman–Crippen LogP) is 1.81. The Labute approximate surface area is 104 Å². The summed E-state index contributed by atoms with van der Waals surface area (Å²) in [6, 6.07) is 0.563. The number of hydrogen-bond acceptors (Lipinski definition) is 2. The van der Waals surface area contributed by atoms with Gasteiger partial charge in [-0.05, 0) is 38.6 Å². The van der Waals surface area contributed by atoms with Crippen LogP contribution in [0, 0.1) is 5.92 Å². The van der Waals surface area contributed by atoms with Gasteiger partial charge in [0.1, 0.15) is 0 Å². The number of rotatable bonds is 2. The van der Waals surface area contributed by atoms with E-state index in [0.717, 1.165) is 12.5 Å². The van der Waals surface area contributed by atoms with Crippen LogP contribution in [-0.4, -0.2) is 37.0 Å². The van der Waals surface area contributed by atoms with Crippen LogP contribution in [0.3, 0.4) is 0 Å². The Morgan fingerprint density at radius 1 is 1.25 bits per heavy atom. The Balaban J connectivity index is 0.00000128. The maximum absolute atomic E-state index is 11.9. The van der Waals surface area contributed by atoms with E-state index in [4.69, 9.17) is 0 Å². The smallest absolute Gasteiger partial charge is 0.236 e. The largest absolute Gasteiger partial charge is 0.338 e. The van der Waals surface area contributed by atoms with Gasteiger partial charge in [-0.3, -0.25) is 4.79 Å². The molecule has 2 fully saturated rings. The van der Waals surface area contributed by atoms with Crippen LogP contribution in [0.2, 0.25) is 0 Å². The Hall–Kier alpha value is -0.280. The molecule has 0 aromatic heterocycles. The summed E-state index contributed by atoms with van der Waals surface area (Å²) in [5, 5.41) is 2.97. The highest BCUT2D eigenvalue weighted by molar-refractivity contribution is 5.85. The fourth-order valence-electron chi connectivity index (χ4n) is 3.19. The number of likely N-dealkylation sites (N-methyl/N-ethyl adjacent to an activating group) is 1. The lowest BCUT2D eigenvalue weighted by atomic mass is 9.78. The monoisotopic (exact) mass is 246 g/mol. The van der Waals surface area contributed by atoms with Crippen molar-refractivity contribution < 1.29 is 4.79 Å². The van der Waals surface area contributed by atoms with Crippen LogP contribution in [-0.2, 0) is 4.79 Å². The molecule has 0 aromatic carbocycles. The molecule has 1 amide bonds. The standard InChI is InChI=1S/C12H22N2O.ClH/c1-13-9-12(15)14-8-4-6-10-5-2-3-7-11(10)14;/h10-11,13H,2-9H2,1H3;1H. The fourth-order valence-corrected chi connectivity index (χ4v) is 3.19. The van der Waals surface area contributed by atoms with Crippen molar-refractivity contribution in [1.29, 1.82) is 0 Å². The van der Waals surface area contributed by atoms with Gasteiger partial charge in [-0.2, -0.15) is 0 Å². The highest BCUT2D eigenvalue weighted by Gasteiger charge is 2.35. The lowest BCUT2D eigenvalue weighted by Crippen LogP contribution is -2.51. The first kappa shape index (κ1) is 13.8. The van der Waals surface area contributed by atoms with Gasteiger partial charge in [0.15, 0.2) is 0 Å². The minimum Gasteiger partial charge on any atom is -0.338 e. The van der Waals surface area contributed by atoms with Crippen molar-refractivity contribution in [2.45, 2.75) is 44.6 Å². The van der Waals surface area contributed by atoms with Crippen molar-refractivity contribution in [3.63, 3.8) is 0 Å². The molecule has 16 heavy (non-hydrogen) atoms. The molecule has 0 spiro atoms. The average Bonchev–Trinajstić information content (AvgIpc) is 2.28. The number of piperidine rings is 1. The van der Waals surface area contributed by atoms with Gasteiger partial charge < -0.3 is 10.2 Å². The Morgan fingerprint density at radius 2 is 1.94 bits per heavy atom. The van der Waals surface area contributed by atoms with Crippen LogP contribution in [0.4, 0.5) is 0 Å². The van der Waals surface area contributed by atoms with Crippen molar-refractivity contribution in [2.75, 3.05) is 20.1 Å². The number of nitrogens with one attached hydrogen (secondary N) is 1. The van der Waals surface area contributed by atoms with E-state index < -0.39 is 0 Å².